The molecule has 0 fully saturated rings. The van der Waals surface area contributed by atoms with Crippen LogP contribution in [-0.2, 0) is 13.2 Å². The third-order valence-corrected chi connectivity index (χ3v) is 5.44. The normalized spacial score (nSPS) is 12.4. The van der Waals surface area contributed by atoms with Gasteiger partial charge in [0.05, 0.1) is 7.11 Å². The lowest BCUT2D eigenvalue weighted by Gasteiger charge is -2.20. The molecule has 1 heterocycles. The molecular weight excluding hydrogens is 453 g/mol. The van der Waals surface area contributed by atoms with E-state index in [9.17, 15) is 4.39 Å². The van der Waals surface area contributed by atoms with Gasteiger partial charge in [0.15, 0.2) is 23.0 Å². The molecule has 3 aromatic carbocycles. The highest BCUT2D eigenvalue weighted by molar-refractivity contribution is 9.10. The van der Waals surface area contributed by atoms with E-state index < -0.39 is 0 Å². The Morgan fingerprint density at radius 1 is 1.00 bits per heavy atom. The number of ether oxygens (including phenoxy) is 4. The van der Waals surface area contributed by atoms with Gasteiger partial charge in [0, 0.05) is 28.3 Å². The minimum Gasteiger partial charge on any atom is -0.493 e. The topological polar surface area (TPSA) is 49.0 Å². The molecule has 7 heteroatoms. The fourth-order valence-electron chi connectivity index (χ4n) is 3.15. The van der Waals surface area contributed by atoms with Crippen LogP contribution < -0.4 is 24.3 Å². The number of hydrogen-bond acceptors (Lipinski definition) is 5. The van der Waals surface area contributed by atoms with E-state index in [1.54, 1.807) is 19.2 Å². The SMILES string of the molecule is COc1ccc(Br)c(CNc2ccc3c(c2)OCCO3)c1OCc1ccc(F)cc1. The average molecular weight is 474 g/mol. The summed E-state index contributed by atoms with van der Waals surface area (Å²) < 4.78 is 36.9. The van der Waals surface area contributed by atoms with Gasteiger partial charge in [-0.1, -0.05) is 28.1 Å². The first-order valence-corrected chi connectivity index (χ1v) is 10.3. The quantitative estimate of drug-likeness (QED) is 0.486. The van der Waals surface area contributed by atoms with E-state index >= 15 is 0 Å². The fraction of sp³-hybridized carbons (Fsp3) is 0.217. The van der Waals surface area contributed by atoms with E-state index in [-0.39, 0.29) is 5.82 Å². The van der Waals surface area contributed by atoms with Crippen LogP contribution in [0.15, 0.2) is 59.1 Å². The van der Waals surface area contributed by atoms with Gasteiger partial charge >= 0.3 is 0 Å². The Hall–Kier alpha value is -2.93. The predicted molar refractivity (Wildman–Crippen MR) is 116 cm³/mol. The Labute approximate surface area is 182 Å². The smallest absolute Gasteiger partial charge is 0.167 e. The van der Waals surface area contributed by atoms with Crippen molar-refractivity contribution in [3.63, 3.8) is 0 Å². The number of rotatable bonds is 7. The number of fused-ring (bicyclic) bond motifs is 1. The molecule has 1 aliphatic rings. The van der Waals surface area contributed by atoms with Gasteiger partial charge in [-0.15, -0.1) is 0 Å². The standard InChI is InChI=1S/C23H21BrFNO4/c1-27-21-9-7-19(24)18(23(21)30-14-15-2-4-16(25)5-3-15)13-26-17-6-8-20-22(12-17)29-11-10-28-20/h2-9,12,26H,10-11,13-14H2,1H3. The van der Waals surface area contributed by atoms with Gasteiger partial charge in [0.2, 0.25) is 0 Å². The summed E-state index contributed by atoms with van der Waals surface area (Å²) in [6.07, 6.45) is 0. The highest BCUT2D eigenvalue weighted by atomic mass is 79.9. The third-order valence-electron chi connectivity index (χ3n) is 4.70. The Morgan fingerprint density at radius 3 is 2.53 bits per heavy atom. The van der Waals surface area contributed by atoms with Crippen LogP contribution >= 0.6 is 15.9 Å². The highest BCUT2D eigenvalue weighted by Gasteiger charge is 2.16. The molecule has 4 rings (SSSR count). The van der Waals surface area contributed by atoms with Crippen molar-refractivity contribution < 1.29 is 23.3 Å². The zero-order valence-electron chi connectivity index (χ0n) is 16.4. The number of methoxy groups -OCH3 is 1. The van der Waals surface area contributed by atoms with Gasteiger partial charge in [-0.05, 0) is 42.0 Å². The summed E-state index contributed by atoms with van der Waals surface area (Å²) in [4.78, 5) is 0. The van der Waals surface area contributed by atoms with Crippen molar-refractivity contribution >= 4 is 21.6 Å². The lowest BCUT2D eigenvalue weighted by molar-refractivity contribution is 0.171. The third kappa shape index (κ3) is 4.62. The monoisotopic (exact) mass is 473 g/mol. The number of nitrogens with one attached hydrogen (secondary N) is 1. The number of benzene rings is 3. The summed E-state index contributed by atoms with van der Waals surface area (Å²) in [6.45, 7) is 1.89. The maximum atomic E-state index is 13.2. The Kier molecular flexibility index (Phi) is 6.28. The summed E-state index contributed by atoms with van der Waals surface area (Å²) in [7, 11) is 1.60. The molecule has 0 atom stereocenters. The second kappa shape index (κ2) is 9.26. The van der Waals surface area contributed by atoms with Crippen molar-refractivity contribution in [1.29, 1.82) is 0 Å². The van der Waals surface area contributed by atoms with E-state index in [4.69, 9.17) is 18.9 Å². The van der Waals surface area contributed by atoms with Crippen molar-refractivity contribution in [3.05, 3.63) is 76.0 Å². The van der Waals surface area contributed by atoms with Gasteiger partial charge in [0.1, 0.15) is 25.6 Å². The predicted octanol–water partition coefficient (Wildman–Crippen LogP) is 5.56. The van der Waals surface area contributed by atoms with Gasteiger partial charge in [-0.2, -0.15) is 0 Å². The minimum absolute atomic E-state index is 0.275. The number of halogens is 2. The molecule has 1 aliphatic heterocycles. The van der Waals surface area contributed by atoms with Gasteiger partial charge in [-0.25, -0.2) is 4.39 Å². The zero-order chi connectivity index (χ0) is 20.9. The first-order valence-electron chi connectivity index (χ1n) is 9.50. The molecule has 0 radical (unpaired) electrons. The Balaban J connectivity index is 1.53. The Morgan fingerprint density at radius 2 is 1.77 bits per heavy atom. The molecule has 0 bridgehead atoms. The molecule has 3 aromatic rings. The Bertz CT molecular complexity index is 1030. The van der Waals surface area contributed by atoms with Crippen LogP contribution in [0.4, 0.5) is 10.1 Å². The van der Waals surface area contributed by atoms with Crippen LogP contribution in [0.25, 0.3) is 0 Å². The van der Waals surface area contributed by atoms with Crippen LogP contribution in [-0.4, -0.2) is 20.3 Å². The highest BCUT2D eigenvalue weighted by Crippen LogP contribution is 2.38. The molecule has 30 heavy (non-hydrogen) atoms. The fourth-order valence-corrected chi connectivity index (χ4v) is 3.60. The molecule has 5 nitrogen and oxygen atoms in total. The van der Waals surface area contributed by atoms with E-state index in [0.717, 1.165) is 32.8 Å². The average Bonchev–Trinajstić information content (AvgIpc) is 2.78. The largest absolute Gasteiger partial charge is 0.493 e. The molecular formula is C23H21BrFNO4. The van der Waals surface area contributed by atoms with Crippen molar-refractivity contribution in [2.45, 2.75) is 13.2 Å². The molecule has 0 saturated heterocycles. The van der Waals surface area contributed by atoms with Gasteiger partial charge in [0.25, 0.3) is 0 Å². The number of hydrogen-bond donors (Lipinski definition) is 1. The van der Waals surface area contributed by atoms with Gasteiger partial charge < -0.3 is 24.3 Å². The van der Waals surface area contributed by atoms with Crippen molar-refractivity contribution in [2.24, 2.45) is 0 Å². The van der Waals surface area contributed by atoms with Crippen LogP contribution in [0.3, 0.4) is 0 Å². The van der Waals surface area contributed by atoms with Gasteiger partial charge in [-0.3, -0.25) is 0 Å². The lowest BCUT2D eigenvalue weighted by atomic mass is 10.1. The first kappa shape index (κ1) is 20.3. The van der Waals surface area contributed by atoms with Crippen LogP contribution in [0.1, 0.15) is 11.1 Å². The molecule has 0 saturated carbocycles. The summed E-state index contributed by atoms with van der Waals surface area (Å²) >= 11 is 3.61. The molecule has 0 unspecified atom stereocenters. The van der Waals surface area contributed by atoms with Crippen molar-refractivity contribution in [3.8, 4) is 23.0 Å². The van der Waals surface area contributed by atoms with Crippen molar-refractivity contribution in [1.82, 2.24) is 0 Å². The van der Waals surface area contributed by atoms with E-state index in [1.807, 2.05) is 30.3 Å². The molecule has 0 aliphatic carbocycles. The van der Waals surface area contributed by atoms with Crippen LogP contribution in [0.5, 0.6) is 23.0 Å². The summed E-state index contributed by atoms with van der Waals surface area (Å²) in [6, 6.07) is 15.8. The second-order valence-electron chi connectivity index (χ2n) is 6.68. The number of anilines is 1. The lowest BCUT2D eigenvalue weighted by Crippen LogP contribution is -2.15. The molecule has 0 spiro atoms. The van der Waals surface area contributed by atoms with Crippen molar-refractivity contribution in [2.75, 3.05) is 25.6 Å². The molecule has 0 aromatic heterocycles. The summed E-state index contributed by atoms with van der Waals surface area (Å²) in [5.41, 5.74) is 2.67. The van der Waals surface area contributed by atoms with E-state index in [1.165, 1.54) is 12.1 Å². The molecule has 1 N–H and O–H groups in total. The maximum absolute atomic E-state index is 13.2. The van der Waals surface area contributed by atoms with Crippen LogP contribution in [0, 0.1) is 5.82 Å². The van der Waals surface area contributed by atoms with Crippen LogP contribution in [0.2, 0.25) is 0 Å². The molecule has 0 amide bonds. The van der Waals surface area contributed by atoms with E-state index in [2.05, 4.69) is 21.2 Å². The second-order valence-corrected chi connectivity index (χ2v) is 7.54. The summed E-state index contributed by atoms with van der Waals surface area (Å²) in [5.74, 6) is 2.45. The van der Waals surface area contributed by atoms with E-state index in [0.29, 0.717) is 37.9 Å². The first-order chi connectivity index (χ1) is 14.6. The maximum Gasteiger partial charge on any atom is 0.167 e. The minimum atomic E-state index is -0.275. The zero-order valence-corrected chi connectivity index (χ0v) is 18.0. The molecule has 156 valence electrons. The summed E-state index contributed by atoms with van der Waals surface area (Å²) in [5, 5.41) is 3.40.